The van der Waals surface area contributed by atoms with Gasteiger partial charge in [0.15, 0.2) is 11.5 Å². The Labute approximate surface area is 201 Å². The molecule has 0 saturated carbocycles. The normalized spacial score (nSPS) is 12.1. The number of anilines is 1. The summed E-state index contributed by atoms with van der Waals surface area (Å²) in [6.45, 7) is 9.35. The molecule has 1 atom stereocenters. The first-order valence-electron chi connectivity index (χ1n) is 11.0. The molecule has 0 radical (unpaired) electrons. The molecule has 1 unspecified atom stereocenters. The van der Waals surface area contributed by atoms with E-state index in [2.05, 4.69) is 10.6 Å². The van der Waals surface area contributed by atoms with Crippen LogP contribution in [0.25, 0.3) is 0 Å². The molecule has 0 spiro atoms. The van der Waals surface area contributed by atoms with E-state index in [4.69, 9.17) is 8.92 Å². The Morgan fingerprint density at radius 1 is 1.03 bits per heavy atom. The summed E-state index contributed by atoms with van der Waals surface area (Å²) in [5.74, 6) is -0.00913. The topological polar surface area (TPSA) is 114 Å². The molecular formula is C24H33N3O6S. The van der Waals surface area contributed by atoms with Crippen molar-refractivity contribution in [3.05, 3.63) is 48.0 Å². The van der Waals surface area contributed by atoms with E-state index in [1.54, 1.807) is 23.1 Å². The Hall–Kier alpha value is -3.27. The molecule has 9 nitrogen and oxygen atoms in total. The van der Waals surface area contributed by atoms with Crippen molar-refractivity contribution in [2.45, 2.75) is 64.6 Å². The number of methoxy groups -OCH3 is 1. The summed E-state index contributed by atoms with van der Waals surface area (Å²) in [5.41, 5.74) is 1.15. The van der Waals surface area contributed by atoms with Crippen molar-refractivity contribution in [2.24, 2.45) is 0 Å². The molecule has 2 rings (SSSR count). The van der Waals surface area contributed by atoms with Crippen LogP contribution in [-0.4, -0.2) is 44.4 Å². The fourth-order valence-corrected chi connectivity index (χ4v) is 4.07. The summed E-state index contributed by atoms with van der Waals surface area (Å²) in [6.07, 6.45) is 0.758. The van der Waals surface area contributed by atoms with E-state index in [0.29, 0.717) is 11.3 Å². The van der Waals surface area contributed by atoms with Crippen LogP contribution in [0.2, 0.25) is 0 Å². The molecule has 0 aliphatic rings. The number of carbonyl (C=O) groups excluding carboxylic acids is 2. The largest absolute Gasteiger partial charge is 0.493 e. The lowest BCUT2D eigenvalue weighted by Crippen LogP contribution is -2.46. The molecule has 0 aromatic heterocycles. The molecule has 34 heavy (non-hydrogen) atoms. The molecule has 2 aromatic carbocycles. The number of benzene rings is 2. The molecule has 0 aliphatic carbocycles. The third-order valence-corrected chi connectivity index (χ3v) is 6.29. The molecule has 10 heteroatoms. The number of ether oxygens (including phenoxy) is 1. The van der Waals surface area contributed by atoms with Crippen molar-refractivity contribution < 1.29 is 26.9 Å². The Balaban J connectivity index is 2.31. The predicted molar refractivity (Wildman–Crippen MR) is 131 cm³/mol. The molecule has 2 N–H and O–H groups in total. The first-order valence-corrected chi connectivity index (χ1v) is 12.4. The van der Waals surface area contributed by atoms with Gasteiger partial charge in [-0.15, -0.1) is 0 Å². The maximum absolute atomic E-state index is 12.9. The minimum Gasteiger partial charge on any atom is -0.493 e. The zero-order valence-electron chi connectivity index (χ0n) is 20.4. The number of hydrogen-bond donors (Lipinski definition) is 2. The lowest BCUT2D eigenvalue weighted by Gasteiger charge is -2.30. The highest BCUT2D eigenvalue weighted by Crippen LogP contribution is 2.32. The van der Waals surface area contributed by atoms with Gasteiger partial charge >= 0.3 is 16.1 Å². The van der Waals surface area contributed by atoms with Crippen molar-refractivity contribution in [3.8, 4) is 11.5 Å². The Morgan fingerprint density at radius 2 is 1.68 bits per heavy atom. The van der Waals surface area contributed by atoms with Gasteiger partial charge in [0, 0.05) is 31.2 Å². The molecule has 186 valence electrons. The average molecular weight is 492 g/mol. The lowest BCUT2D eigenvalue weighted by molar-refractivity contribution is -0.114. The molecule has 0 heterocycles. The minimum absolute atomic E-state index is 0.0132. The van der Waals surface area contributed by atoms with Crippen LogP contribution in [0.3, 0.4) is 0 Å². The molecule has 3 amide bonds. The third kappa shape index (κ3) is 7.38. The average Bonchev–Trinajstić information content (AvgIpc) is 2.76. The second-order valence-electron chi connectivity index (χ2n) is 8.22. The standard InChI is InChI=1S/C24H33N3O6S/c1-7-17(4)27(24(29)25-16(2)3)15-19-8-13-22(32-6)23(14-19)33-34(30,31)21-11-9-20(10-12-21)26-18(5)28/h8-14,16-17H,7,15H2,1-6H3,(H,25,29)(H,26,28). The molecule has 0 bridgehead atoms. The van der Waals surface area contributed by atoms with Gasteiger partial charge in [-0.1, -0.05) is 13.0 Å². The second-order valence-corrected chi connectivity index (χ2v) is 9.76. The number of nitrogens with one attached hydrogen (secondary N) is 2. The summed E-state index contributed by atoms with van der Waals surface area (Å²) in [7, 11) is -2.76. The van der Waals surface area contributed by atoms with Crippen LogP contribution < -0.4 is 19.6 Å². The number of hydrogen-bond acceptors (Lipinski definition) is 6. The van der Waals surface area contributed by atoms with E-state index in [9.17, 15) is 18.0 Å². The van der Waals surface area contributed by atoms with Crippen LogP contribution in [0.4, 0.5) is 10.5 Å². The maximum atomic E-state index is 12.9. The third-order valence-electron chi connectivity index (χ3n) is 5.04. The van der Waals surface area contributed by atoms with Crippen LogP contribution in [-0.2, 0) is 21.5 Å². The molecular weight excluding hydrogens is 458 g/mol. The highest BCUT2D eigenvalue weighted by molar-refractivity contribution is 7.87. The highest BCUT2D eigenvalue weighted by Gasteiger charge is 2.23. The quantitative estimate of drug-likeness (QED) is 0.483. The van der Waals surface area contributed by atoms with Crippen LogP contribution in [0.5, 0.6) is 11.5 Å². The summed E-state index contributed by atoms with van der Waals surface area (Å²) in [4.78, 5) is 25.5. The van der Waals surface area contributed by atoms with E-state index < -0.39 is 10.1 Å². The van der Waals surface area contributed by atoms with Gasteiger partial charge in [0.25, 0.3) is 0 Å². The second kappa shape index (κ2) is 11.7. The highest BCUT2D eigenvalue weighted by atomic mass is 32.2. The Bertz CT molecular complexity index is 1100. The zero-order valence-corrected chi connectivity index (χ0v) is 21.2. The van der Waals surface area contributed by atoms with Crippen LogP contribution in [0, 0.1) is 0 Å². The van der Waals surface area contributed by atoms with Crippen molar-refractivity contribution in [1.82, 2.24) is 10.2 Å². The predicted octanol–water partition coefficient (Wildman–Crippen LogP) is 4.14. The number of rotatable bonds is 10. The molecule has 0 aliphatic heterocycles. The number of urea groups is 1. The van der Waals surface area contributed by atoms with Crippen molar-refractivity contribution in [3.63, 3.8) is 0 Å². The summed E-state index contributed by atoms with van der Waals surface area (Å²) >= 11 is 0. The van der Waals surface area contributed by atoms with Gasteiger partial charge in [-0.3, -0.25) is 4.79 Å². The fourth-order valence-electron chi connectivity index (χ4n) is 3.13. The van der Waals surface area contributed by atoms with Crippen LogP contribution >= 0.6 is 0 Å². The maximum Gasteiger partial charge on any atom is 0.339 e. The van der Waals surface area contributed by atoms with E-state index in [1.165, 1.54) is 38.3 Å². The Kier molecular flexibility index (Phi) is 9.31. The van der Waals surface area contributed by atoms with Gasteiger partial charge in [-0.25, -0.2) is 4.79 Å². The monoisotopic (exact) mass is 491 g/mol. The van der Waals surface area contributed by atoms with Gasteiger partial charge in [0.1, 0.15) is 4.90 Å². The molecule has 2 aromatic rings. The smallest absolute Gasteiger partial charge is 0.339 e. The van der Waals surface area contributed by atoms with Crippen molar-refractivity contribution in [2.75, 3.05) is 12.4 Å². The van der Waals surface area contributed by atoms with Gasteiger partial charge in [0.2, 0.25) is 5.91 Å². The zero-order chi connectivity index (χ0) is 25.5. The van der Waals surface area contributed by atoms with Gasteiger partial charge < -0.3 is 24.5 Å². The molecule has 0 fully saturated rings. The van der Waals surface area contributed by atoms with E-state index in [-0.39, 0.29) is 47.0 Å². The van der Waals surface area contributed by atoms with E-state index >= 15 is 0 Å². The lowest BCUT2D eigenvalue weighted by atomic mass is 10.1. The summed E-state index contributed by atoms with van der Waals surface area (Å²) in [5, 5.41) is 5.48. The van der Waals surface area contributed by atoms with Crippen molar-refractivity contribution in [1.29, 1.82) is 0 Å². The minimum atomic E-state index is -4.18. The van der Waals surface area contributed by atoms with Crippen LogP contribution in [0.15, 0.2) is 47.4 Å². The number of amides is 3. The SMILES string of the molecule is CCC(C)N(Cc1ccc(OC)c(OS(=O)(=O)c2ccc(NC(C)=O)cc2)c1)C(=O)NC(C)C. The summed E-state index contributed by atoms with van der Waals surface area (Å²) < 4.78 is 36.5. The van der Waals surface area contributed by atoms with E-state index in [0.717, 1.165) is 6.42 Å². The van der Waals surface area contributed by atoms with Gasteiger partial charge in [0.05, 0.1) is 7.11 Å². The van der Waals surface area contributed by atoms with Crippen molar-refractivity contribution >= 4 is 27.7 Å². The fraction of sp³-hybridized carbons (Fsp3) is 0.417. The molecule has 0 saturated heterocycles. The number of nitrogens with zero attached hydrogens (tertiary/aromatic N) is 1. The Morgan fingerprint density at radius 3 is 2.21 bits per heavy atom. The van der Waals surface area contributed by atoms with Gasteiger partial charge in [-0.05, 0) is 69.2 Å². The first kappa shape index (κ1) is 27.0. The van der Waals surface area contributed by atoms with Gasteiger partial charge in [-0.2, -0.15) is 8.42 Å². The summed E-state index contributed by atoms with van der Waals surface area (Å²) in [6, 6.07) is 10.3. The van der Waals surface area contributed by atoms with E-state index in [1.807, 2.05) is 27.7 Å². The van der Waals surface area contributed by atoms with Crippen LogP contribution in [0.1, 0.15) is 46.6 Å². The number of carbonyl (C=O) groups is 2. The first-order chi connectivity index (χ1) is 16.0.